The number of benzene rings is 1. The first kappa shape index (κ1) is 18.4. The van der Waals surface area contributed by atoms with Gasteiger partial charge in [-0.3, -0.25) is 4.79 Å². The van der Waals surface area contributed by atoms with Crippen LogP contribution < -0.4 is 4.74 Å². The van der Waals surface area contributed by atoms with E-state index in [1.165, 1.54) is 19.1 Å². The molecule has 23 heavy (non-hydrogen) atoms. The van der Waals surface area contributed by atoms with Crippen molar-refractivity contribution in [3.8, 4) is 5.75 Å². The lowest BCUT2D eigenvalue weighted by molar-refractivity contribution is -0.157. The molecule has 0 fully saturated rings. The first-order valence-electron chi connectivity index (χ1n) is 6.78. The van der Waals surface area contributed by atoms with Crippen LogP contribution in [0.1, 0.15) is 12.5 Å². The van der Waals surface area contributed by atoms with Gasteiger partial charge in [0.1, 0.15) is 5.75 Å². The molecule has 0 amide bonds. The van der Waals surface area contributed by atoms with E-state index in [0.717, 1.165) is 5.56 Å². The van der Waals surface area contributed by atoms with Crippen LogP contribution in [0.5, 0.6) is 5.75 Å². The van der Waals surface area contributed by atoms with E-state index in [1.807, 2.05) is 0 Å². The largest absolute Gasteiger partial charge is 0.497 e. The molecule has 7 heteroatoms. The van der Waals surface area contributed by atoms with Crippen molar-refractivity contribution in [2.24, 2.45) is 0 Å². The van der Waals surface area contributed by atoms with Gasteiger partial charge in [-0.15, -0.1) is 0 Å². The molecule has 0 radical (unpaired) electrons. The normalized spacial score (nSPS) is 13.3. The maximum absolute atomic E-state index is 11.6. The molecule has 2 unspecified atom stereocenters. The number of methoxy groups -OCH3 is 1. The Morgan fingerprint density at radius 1 is 1.26 bits per heavy atom. The number of hydrogen-bond donors (Lipinski definition) is 1. The number of esters is 1. The van der Waals surface area contributed by atoms with Gasteiger partial charge in [-0.25, -0.2) is 9.59 Å². The van der Waals surface area contributed by atoms with E-state index in [4.69, 9.17) is 19.3 Å². The molecule has 0 bridgehead atoms. The highest BCUT2D eigenvalue weighted by Gasteiger charge is 2.17. The molecule has 0 saturated heterocycles. The molecule has 1 aromatic carbocycles. The van der Waals surface area contributed by atoms with Crippen LogP contribution in [-0.4, -0.2) is 49.3 Å². The van der Waals surface area contributed by atoms with Crippen molar-refractivity contribution in [1.29, 1.82) is 0 Å². The number of hydrogen-bond acceptors (Lipinski definition) is 6. The predicted molar refractivity (Wildman–Crippen MR) is 81.0 cm³/mol. The molecular formula is C16H18O7. The van der Waals surface area contributed by atoms with Crippen molar-refractivity contribution in [3.05, 3.63) is 35.9 Å². The van der Waals surface area contributed by atoms with E-state index in [9.17, 15) is 14.4 Å². The van der Waals surface area contributed by atoms with Crippen molar-refractivity contribution in [2.75, 3.05) is 13.7 Å². The second-order valence-corrected chi connectivity index (χ2v) is 4.53. The second kappa shape index (κ2) is 9.37. The molecule has 0 aliphatic rings. The molecule has 0 saturated carbocycles. The topological polar surface area (TPSA) is 99.1 Å². The van der Waals surface area contributed by atoms with Gasteiger partial charge < -0.3 is 19.3 Å². The Labute approximate surface area is 133 Å². The number of carboxylic acids is 1. The molecule has 7 nitrogen and oxygen atoms in total. The predicted octanol–water partition coefficient (Wildman–Crippen LogP) is 1.31. The van der Waals surface area contributed by atoms with E-state index in [-0.39, 0.29) is 6.61 Å². The summed E-state index contributed by atoms with van der Waals surface area (Å²) in [6, 6.07) is 6.97. The fourth-order valence-electron chi connectivity index (χ4n) is 1.48. The Morgan fingerprint density at radius 2 is 1.91 bits per heavy atom. The number of aliphatic carboxylic acids is 1. The molecule has 1 N–H and O–H groups in total. The first-order valence-corrected chi connectivity index (χ1v) is 6.78. The number of aldehydes is 1. The van der Waals surface area contributed by atoms with Crippen LogP contribution in [0.2, 0.25) is 0 Å². The average Bonchev–Trinajstić information content (AvgIpc) is 2.56. The molecule has 124 valence electrons. The van der Waals surface area contributed by atoms with Gasteiger partial charge in [-0.1, -0.05) is 12.1 Å². The van der Waals surface area contributed by atoms with Gasteiger partial charge in [0.25, 0.3) is 0 Å². The zero-order chi connectivity index (χ0) is 17.2. The van der Waals surface area contributed by atoms with Crippen LogP contribution in [0, 0.1) is 0 Å². The van der Waals surface area contributed by atoms with Crippen LogP contribution in [0.4, 0.5) is 0 Å². The number of ether oxygens (including phenoxy) is 3. The zero-order valence-corrected chi connectivity index (χ0v) is 12.8. The minimum Gasteiger partial charge on any atom is -0.497 e. The van der Waals surface area contributed by atoms with Gasteiger partial charge in [0.05, 0.1) is 13.7 Å². The number of carboxylic acid groups (broad SMARTS) is 1. The molecule has 0 aromatic heterocycles. The smallest absolute Gasteiger partial charge is 0.332 e. The summed E-state index contributed by atoms with van der Waals surface area (Å²) < 4.78 is 14.8. The summed E-state index contributed by atoms with van der Waals surface area (Å²) in [6.45, 7) is 0.995. The summed E-state index contributed by atoms with van der Waals surface area (Å²) in [5.74, 6) is -1.21. The summed E-state index contributed by atoms with van der Waals surface area (Å²) in [7, 11) is 1.55. The van der Waals surface area contributed by atoms with Crippen molar-refractivity contribution in [3.63, 3.8) is 0 Å². The molecule has 0 heterocycles. The lowest BCUT2D eigenvalue weighted by atomic mass is 10.2. The zero-order valence-electron chi connectivity index (χ0n) is 12.8. The van der Waals surface area contributed by atoms with Gasteiger partial charge >= 0.3 is 11.9 Å². The van der Waals surface area contributed by atoms with Gasteiger partial charge in [0.15, 0.2) is 18.5 Å². The third-order valence-electron chi connectivity index (χ3n) is 2.81. The highest BCUT2D eigenvalue weighted by Crippen LogP contribution is 2.12. The van der Waals surface area contributed by atoms with Crippen LogP contribution in [-0.2, 0) is 23.9 Å². The van der Waals surface area contributed by atoms with Crippen molar-refractivity contribution in [2.45, 2.75) is 19.1 Å². The Balaban J connectivity index is 2.50. The average molecular weight is 322 g/mol. The number of rotatable bonds is 9. The number of carbonyl (C=O) groups excluding carboxylic acids is 2. The minimum atomic E-state index is -1.17. The van der Waals surface area contributed by atoms with Crippen LogP contribution in [0.15, 0.2) is 30.3 Å². The van der Waals surface area contributed by atoms with Crippen LogP contribution in [0.25, 0.3) is 6.08 Å². The monoisotopic (exact) mass is 322 g/mol. The highest BCUT2D eigenvalue weighted by atomic mass is 16.6. The Morgan fingerprint density at radius 3 is 2.43 bits per heavy atom. The maximum Gasteiger partial charge on any atom is 0.332 e. The Bertz CT molecular complexity index is 562. The van der Waals surface area contributed by atoms with E-state index >= 15 is 0 Å². The summed E-state index contributed by atoms with van der Waals surface area (Å²) in [5.41, 5.74) is 0.751. The lowest BCUT2D eigenvalue weighted by Crippen LogP contribution is -2.29. The third kappa shape index (κ3) is 6.75. The Hall–Kier alpha value is -2.67. The van der Waals surface area contributed by atoms with Crippen molar-refractivity contribution < 1.29 is 33.7 Å². The second-order valence-electron chi connectivity index (χ2n) is 4.53. The molecular weight excluding hydrogens is 304 g/mol. The molecule has 0 aliphatic carbocycles. The molecule has 2 atom stereocenters. The maximum atomic E-state index is 11.6. The van der Waals surface area contributed by atoms with Crippen LogP contribution >= 0.6 is 0 Å². The molecule has 0 spiro atoms. The fraction of sp³-hybridized carbons (Fsp3) is 0.312. The van der Waals surface area contributed by atoms with Gasteiger partial charge in [0, 0.05) is 6.08 Å². The molecule has 1 rings (SSSR count). The standard InChI is InChI=1S/C16H18O7/c1-11(16(19)20)22-10-14(9-17)23-15(18)8-5-12-3-6-13(21-2)7-4-12/h3-9,11,14H,10H2,1-2H3,(H,19,20)/b8-5+. The van der Waals surface area contributed by atoms with Crippen molar-refractivity contribution >= 4 is 24.3 Å². The number of carbonyl (C=O) groups is 3. The highest BCUT2D eigenvalue weighted by molar-refractivity contribution is 5.88. The molecule has 1 aromatic rings. The van der Waals surface area contributed by atoms with E-state index in [1.54, 1.807) is 31.4 Å². The van der Waals surface area contributed by atoms with Gasteiger partial charge in [-0.2, -0.15) is 0 Å². The first-order chi connectivity index (χ1) is 11.0. The minimum absolute atomic E-state index is 0.320. The Kier molecular flexibility index (Phi) is 7.49. The summed E-state index contributed by atoms with van der Waals surface area (Å²) >= 11 is 0. The van der Waals surface area contributed by atoms with Crippen LogP contribution in [0.3, 0.4) is 0 Å². The van der Waals surface area contributed by atoms with Crippen molar-refractivity contribution in [1.82, 2.24) is 0 Å². The molecule has 0 aliphatic heterocycles. The summed E-state index contributed by atoms with van der Waals surface area (Å²) in [4.78, 5) is 33.0. The third-order valence-corrected chi connectivity index (χ3v) is 2.81. The van der Waals surface area contributed by atoms with E-state index < -0.39 is 24.1 Å². The summed E-state index contributed by atoms with van der Waals surface area (Å²) in [6.07, 6.45) is 0.813. The quantitative estimate of drug-likeness (QED) is 0.416. The van der Waals surface area contributed by atoms with Gasteiger partial charge in [0.2, 0.25) is 0 Å². The van der Waals surface area contributed by atoms with E-state index in [2.05, 4.69) is 0 Å². The SMILES string of the molecule is COc1ccc(/C=C/C(=O)OC(C=O)COC(C)C(=O)O)cc1. The van der Waals surface area contributed by atoms with Gasteiger partial charge in [-0.05, 0) is 30.7 Å². The summed E-state index contributed by atoms with van der Waals surface area (Å²) in [5, 5.41) is 8.66. The van der Waals surface area contributed by atoms with E-state index in [0.29, 0.717) is 12.0 Å². The lowest BCUT2D eigenvalue weighted by Gasteiger charge is -2.13. The fourth-order valence-corrected chi connectivity index (χ4v) is 1.48.